The van der Waals surface area contributed by atoms with Gasteiger partial charge >= 0.3 is 0 Å². The van der Waals surface area contributed by atoms with Crippen LogP contribution in [0.15, 0.2) is 67.0 Å². The summed E-state index contributed by atoms with van der Waals surface area (Å²) in [4.78, 5) is 15.9. The predicted octanol–water partition coefficient (Wildman–Crippen LogP) is 5.06. The molecule has 0 saturated carbocycles. The minimum absolute atomic E-state index is 0.904. The summed E-state index contributed by atoms with van der Waals surface area (Å²) in [5, 5.41) is 4.62. The molecule has 0 aliphatic rings. The van der Waals surface area contributed by atoms with Gasteiger partial charge in [0, 0.05) is 28.6 Å². The molecule has 108 valence electrons. The molecule has 0 N–H and O–H groups in total. The van der Waals surface area contributed by atoms with Crippen LogP contribution < -0.4 is 0 Å². The van der Waals surface area contributed by atoms with Crippen molar-refractivity contribution in [1.82, 2.24) is 15.0 Å². The van der Waals surface area contributed by atoms with Crippen molar-refractivity contribution in [2.45, 2.75) is 0 Å². The minimum Gasteiger partial charge on any atom is -0.254 e. The van der Waals surface area contributed by atoms with Crippen LogP contribution in [0.1, 0.15) is 0 Å². The van der Waals surface area contributed by atoms with Crippen molar-refractivity contribution in [2.24, 2.45) is 0 Å². The van der Waals surface area contributed by atoms with Gasteiger partial charge in [0.2, 0.25) is 0 Å². The van der Waals surface area contributed by atoms with E-state index in [1.807, 2.05) is 36.7 Å². The van der Waals surface area contributed by atoms with Gasteiger partial charge in [-0.2, -0.15) is 0 Å². The summed E-state index contributed by atoms with van der Waals surface area (Å²) in [7, 11) is 0. The van der Waals surface area contributed by atoms with Crippen LogP contribution in [0.4, 0.5) is 0 Å². The maximum absolute atomic E-state index is 4.85. The fourth-order valence-electron chi connectivity index (χ4n) is 2.95. The molecule has 0 spiro atoms. The van der Waals surface area contributed by atoms with Gasteiger partial charge in [-0.3, -0.25) is 4.98 Å². The fraction of sp³-hybridized carbons (Fsp3) is 0. The van der Waals surface area contributed by atoms with E-state index in [-0.39, 0.29) is 0 Å². The number of thiophene rings is 1. The standard InChI is InChI=1S/C19H11N3S/c1-2-5-13-12(4-1)9-11-20-17(13)16-8-7-15-14-6-3-10-21-18(14)23-19(15)22-16/h1-11H. The molecule has 0 bridgehead atoms. The number of benzene rings is 1. The lowest BCUT2D eigenvalue weighted by Crippen LogP contribution is -1.88. The predicted molar refractivity (Wildman–Crippen MR) is 95.7 cm³/mol. The average molecular weight is 313 g/mol. The third-order valence-electron chi connectivity index (χ3n) is 4.03. The number of rotatable bonds is 1. The second-order valence-corrected chi connectivity index (χ2v) is 6.37. The molecular formula is C19H11N3S. The summed E-state index contributed by atoms with van der Waals surface area (Å²) in [5.41, 5.74) is 1.83. The van der Waals surface area contributed by atoms with Crippen LogP contribution in [0, 0.1) is 0 Å². The quantitative estimate of drug-likeness (QED) is 0.434. The first-order valence-corrected chi connectivity index (χ1v) is 8.20. The number of nitrogens with zero attached hydrogens (tertiary/aromatic N) is 3. The van der Waals surface area contributed by atoms with Crippen LogP contribution in [-0.4, -0.2) is 15.0 Å². The lowest BCUT2D eigenvalue weighted by molar-refractivity contribution is 1.31. The van der Waals surface area contributed by atoms with Crippen LogP contribution in [0.5, 0.6) is 0 Å². The summed E-state index contributed by atoms with van der Waals surface area (Å²) in [6, 6.07) is 18.5. The number of fused-ring (bicyclic) bond motifs is 4. The van der Waals surface area contributed by atoms with Gasteiger partial charge in [0.05, 0.1) is 11.4 Å². The SMILES string of the molecule is c1ccc2c(-c3ccc4c(n3)sc3ncccc34)nccc2c1. The first kappa shape index (κ1) is 12.7. The zero-order chi connectivity index (χ0) is 15.2. The lowest BCUT2D eigenvalue weighted by Gasteiger charge is -2.05. The van der Waals surface area contributed by atoms with Crippen molar-refractivity contribution < 1.29 is 0 Å². The molecule has 5 aromatic rings. The Kier molecular flexibility index (Phi) is 2.66. The summed E-state index contributed by atoms with van der Waals surface area (Å²) >= 11 is 1.63. The highest BCUT2D eigenvalue weighted by molar-refractivity contribution is 7.25. The smallest absolute Gasteiger partial charge is 0.126 e. The Balaban J connectivity index is 1.81. The largest absolute Gasteiger partial charge is 0.254 e. The van der Waals surface area contributed by atoms with Gasteiger partial charge in [-0.1, -0.05) is 35.6 Å². The minimum atomic E-state index is 0.904. The summed E-state index contributed by atoms with van der Waals surface area (Å²) in [5.74, 6) is 0. The highest BCUT2D eigenvalue weighted by Gasteiger charge is 2.11. The molecular weight excluding hydrogens is 302 g/mol. The second kappa shape index (κ2) is 4.83. The summed E-state index contributed by atoms with van der Waals surface area (Å²) in [6.07, 6.45) is 3.67. The zero-order valence-corrected chi connectivity index (χ0v) is 12.9. The third kappa shape index (κ3) is 1.92. The van der Waals surface area contributed by atoms with Crippen LogP contribution in [0.2, 0.25) is 0 Å². The molecule has 0 aliphatic carbocycles. The molecule has 1 aromatic carbocycles. The van der Waals surface area contributed by atoms with E-state index >= 15 is 0 Å². The van der Waals surface area contributed by atoms with E-state index in [9.17, 15) is 0 Å². The first-order chi connectivity index (χ1) is 11.4. The fourth-order valence-corrected chi connectivity index (χ4v) is 3.96. The number of aromatic nitrogens is 3. The summed E-state index contributed by atoms with van der Waals surface area (Å²) in [6.45, 7) is 0. The Morgan fingerprint density at radius 1 is 0.652 bits per heavy atom. The average Bonchev–Trinajstić information content (AvgIpc) is 2.99. The van der Waals surface area contributed by atoms with E-state index in [0.717, 1.165) is 37.2 Å². The van der Waals surface area contributed by atoms with Gasteiger partial charge in [-0.25, -0.2) is 9.97 Å². The Bertz CT molecular complexity index is 1170. The monoisotopic (exact) mass is 313 g/mol. The molecule has 4 aromatic heterocycles. The van der Waals surface area contributed by atoms with Crippen molar-refractivity contribution in [3.8, 4) is 11.4 Å². The van der Waals surface area contributed by atoms with Gasteiger partial charge in [-0.15, -0.1) is 0 Å². The van der Waals surface area contributed by atoms with Crippen molar-refractivity contribution >= 4 is 42.5 Å². The van der Waals surface area contributed by atoms with Gasteiger partial charge in [0.25, 0.3) is 0 Å². The van der Waals surface area contributed by atoms with Crippen molar-refractivity contribution in [3.05, 3.63) is 67.0 Å². The third-order valence-corrected chi connectivity index (χ3v) is 5.05. The topological polar surface area (TPSA) is 38.7 Å². The molecule has 0 unspecified atom stereocenters. The van der Waals surface area contributed by atoms with Crippen molar-refractivity contribution in [1.29, 1.82) is 0 Å². The van der Waals surface area contributed by atoms with Gasteiger partial charge in [0.1, 0.15) is 9.66 Å². The maximum Gasteiger partial charge on any atom is 0.126 e. The Labute approximate surface area is 136 Å². The normalized spacial score (nSPS) is 11.5. The molecule has 0 fully saturated rings. The molecule has 4 heterocycles. The van der Waals surface area contributed by atoms with Crippen LogP contribution in [0.3, 0.4) is 0 Å². The van der Waals surface area contributed by atoms with E-state index < -0.39 is 0 Å². The van der Waals surface area contributed by atoms with Gasteiger partial charge in [-0.05, 0) is 35.7 Å². The maximum atomic E-state index is 4.85. The number of hydrogen-bond donors (Lipinski definition) is 0. The number of pyridine rings is 3. The van der Waals surface area contributed by atoms with Crippen molar-refractivity contribution in [2.75, 3.05) is 0 Å². The molecule has 0 radical (unpaired) electrons. The highest BCUT2D eigenvalue weighted by atomic mass is 32.1. The van der Waals surface area contributed by atoms with E-state index in [2.05, 4.69) is 40.3 Å². The van der Waals surface area contributed by atoms with Crippen LogP contribution in [-0.2, 0) is 0 Å². The van der Waals surface area contributed by atoms with E-state index in [1.165, 1.54) is 5.39 Å². The molecule has 3 nitrogen and oxygen atoms in total. The molecule has 23 heavy (non-hydrogen) atoms. The molecule has 4 heteroatoms. The number of hydrogen-bond acceptors (Lipinski definition) is 4. The molecule has 0 amide bonds. The van der Waals surface area contributed by atoms with E-state index in [1.54, 1.807) is 11.3 Å². The lowest BCUT2D eigenvalue weighted by atomic mass is 10.1. The van der Waals surface area contributed by atoms with Crippen LogP contribution in [0.25, 0.3) is 42.6 Å². The first-order valence-electron chi connectivity index (χ1n) is 7.38. The second-order valence-electron chi connectivity index (χ2n) is 5.39. The van der Waals surface area contributed by atoms with Crippen molar-refractivity contribution in [3.63, 3.8) is 0 Å². The Morgan fingerprint density at radius 2 is 1.52 bits per heavy atom. The molecule has 5 rings (SSSR count). The van der Waals surface area contributed by atoms with Gasteiger partial charge in [0.15, 0.2) is 0 Å². The van der Waals surface area contributed by atoms with Crippen LogP contribution >= 0.6 is 11.3 Å². The zero-order valence-electron chi connectivity index (χ0n) is 12.1. The molecule has 0 atom stereocenters. The Morgan fingerprint density at radius 3 is 2.52 bits per heavy atom. The van der Waals surface area contributed by atoms with E-state index in [4.69, 9.17) is 4.98 Å². The van der Waals surface area contributed by atoms with E-state index in [0.29, 0.717) is 0 Å². The molecule has 0 aliphatic heterocycles. The molecule has 0 saturated heterocycles. The van der Waals surface area contributed by atoms with Gasteiger partial charge < -0.3 is 0 Å². The Hall–Kier alpha value is -2.85. The highest BCUT2D eigenvalue weighted by Crippen LogP contribution is 2.33. The summed E-state index contributed by atoms with van der Waals surface area (Å²) < 4.78 is 0.